The smallest absolute Gasteiger partial charge is 0.311 e. The van der Waals surface area contributed by atoms with Gasteiger partial charge in [0.2, 0.25) is 0 Å². The third kappa shape index (κ3) is 4.21. The van der Waals surface area contributed by atoms with Gasteiger partial charge in [-0.25, -0.2) is 4.74 Å². The molecule has 5 heteroatoms. The molecule has 0 aromatic carbocycles. The van der Waals surface area contributed by atoms with Crippen LogP contribution in [0.3, 0.4) is 0 Å². The van der Waals surface area contributed by atoms with E-state index in [1.165, 1.54) is 13.3 Å². The molecule has 0 atom stereocenters. The van der Waals surface area contributed by atoms with Crippen molar-refractivity contribution >= 4 is 12.2 Å². The Morgan fingerprint density at radius 2 is 2.47 bits per heavy atom. The maximum absolute atomic E-state index is 11.2. The molecule has 0 saturated carbocycles. The van der Waals surface area contributed by atoms with Crippen molar-refractivity contribution in [1.82, 2.24) is 4.98 Å². The molecule has 0 spiro atoms. The molecule has 0 unspecified atom stereocenters. The average Bonchev–Trinajstić information content (AvgIpc) is 2.27. The topological polar surface area (TPSA) is 65.3 Å². The zero-order valence-electron chi connectivity index (χ0n) is 8.42. The normalized spacial score (nSPS) is 11.1. The average molecular weight is 208 g/mol. The number of carbonyl (C=O) groups excluding carboxylic acids is 1. The van der Waals surface area contributed by atoms with E-state index >= 15 is 0 Å². The number of esters is 1. The monoisotopic (exact) mass is 208 g/mol. The molecule has 80 valence electrons. The van der Waals surface area contributed by atoms with Crippen LogP contribution in [-0.2, 0) is 9.53 Å². The molecule has 0 amide bonds. The second-order valence-electron chi connectivity index (χ2n) is 2.85. The Morgan fingerprint density at radius 1 is 1.67 bits per heavy atom. The molecule has 0 aliphatic heterocycles. The van der Waals surface area contributed by atoms with Crippen molar-refractivity contribution in [3.63, 3.8) is 0 Å². The van der Waals surface area contributed by atoms with E-state index in [1.807, 2.05) is 0 Å². The number of methoxy groups -OCH3 is 1. The predicted molar refractivity (Wildman–Crippen MR) is 54.5 cm³/mol. The molecule has 0 aliphatic carbocycles. The minimum atomic E-state index is -0.398. The van der Waals surface area contributed by atoms with Gasteiger partial charge in [0.15, 0.2) is 12.8 Å². The van der Waals surface area contributed by atoms with Crippen molar-refractivity contribution in [3.05, 3.63) is 35.3 Å². The fourth-order valence-electron chi connectivity index (χ4n) is 0.968. The van der Waals surface area contributed by atoms with Crippen molar-refractivity contribution in [2.24, 2.45) is 0 Å². The van der Waals surface area contributed by atoms with Crippen LogP contribution >= 0.6 is 0 Å². The first-order valence-electron chi connectivity index (χ1n) is 4.49. The molecule has 1 aromatic rings. The molecule has 0 radical (unpaired) electrons. The quantitative estimate of drug-likeness (QED) is 0.238. The lowest BCUT2D eigenvalue weighted by Crippen LogP contribution is -2.13. The molecular weight excluding hydrogens is 196 g/mol. The Kier molecular flexibility index (Phi) is 4.28. The molecule has 0 aliphatic rings. The molecule has 0 saturated heterocycles. The predicted octanol–water partition coefficient (Wildman–Crippen LogP) is 0.574. The summed E-state index contributed by atoms with van der Waals surface area (Å²) in [4.78, 5) is 14.7. The summed E-state index contributed by atoms with van der Waals surface area (Å²) in [5, 5.41) is 11.2. The lowest BCUT2D eigenvalue weighted by Gasteiger charge is -2.02. The first-order chi connectivity index (χ1) is 7.22. The van der Waals surface area contributed by atoms with E-state index in [2.05, 4.69) is 9.72 Å². The summed E-state index contributed by atoms with van der Waals surface area (Å²) in [5.74, 6) is -0.398. The van der Waals surface area contributed by atoms with Gasteiger partial charge < -0.3 is 9.94 Å². The second-order valence-corrected chi connectivity index (χ2v) is 2.85. The summed E-state index contributed by atoms with van der Waals surface area (Å²) in [5.41, 5.74) is 0.567. The lowest BCUT2D eigenvalue weighted by molar-refractivity contribution is -0.451. The van der Waals surface area contributed by atoms with Gasteiger partial charge in [-0.05, 0) is 12.1 Å². The summed E-state index contributed by atoms with van der Waals surface area (Å²) in [6.07, 6.45) is 3.01. The van der Waals surface area contributed by atoms with Crippen LogP contribution in [0.25, 0.3) is 0 Å². The molecule has 1 aromatic heterocycles. The molecular formula is C10H12N2O3. The van der Waals surface area contributed by atoms with Crippen LogP contribution < -0.4 is 0 Å². The molecule has 0 bridgehead atoms. The van der Waals surface area contributed by atoms with Crippen LogP contribution in [-0.4, -0.2) is 35.6 Å². The Balaban J connectivity index is 2.50. The number of nitrogens with zero attached hydrogens (tertiary/aromatic N) is 2. The van der Waals surface area contributed by atoms with Gasteiger partial charge in [0, 0.05) is 6.20 Å². The number of hydrogen-bond donors (Lipinski definition) is 0. The summed E-state index contributed by atoms with van der Waals surface area (Å²) < 4.78 is 5.08. The number of aromatic nitrogens is 1. The first-order valence-corrected chi connectivity index (χ1v) is 4.49. The molecule has 5 nitrogen and oxygen atoms in total. The second kappa shape index (κ2) is 5.74. The number of carbonyl (C=O) groups is 1. The summed E-state index contributed by atoms with van der Waals surface area (Å²) in [6, 6.07) is 5.26. The molecule has 0 fully saturated rings. The van der Waals surface area contributed by atoms with Gasteiger partial charge in [0.05, 0.1) is 7.11 Å². The van der Waals surface area contributed by atoms with Gasteiger partial charge in [-0.3, -0.25) is 9.78 Å². The number of ether oxygens (including phenoxy) is 1. The standard InChI is InChI=1S/C10H12N2O3/c1-15-10(13)5-7-12(14)8-9-4-2-3-6-11-9/h2-4,6,8H,5,7H2,1H3/b12-8+. The van der Waals surface area contributed by atoms with Crippen LogP contribution in [0.4, 0.5) is 0 Å². The fourth-order valence-corrected chi connectivity index (χ4v) is 0.968. The van der Waals surface area contributed by atoms with E-state index in [9.17, 15) is 10.0 Å². The van der Waals surface area contributed by atoms with Crippen molar-refractivity contribution < 1.29 is 14.3 Å². The Hall–Kier alpha value is -1.91. The molecule has 0 N–H and O–H groups in total. The Labute approximate surface area is 87.6 Å². The minimum Gasteiger partial charge on any atom is -0.624 e. The van der Waals surface area contributed by atoms with E-state index in [0.717, 1.165) is 0 Å². The van der Waals surface area contributed by atoms with E-state index in [-0.39, 0.29) is 13.0 Å². The van der Waals surface area contributed by atoms with Crippen LogP contribution in [0.2, 0.25) is 0 Å². The highest BCUT2D eigenvalue weighted by Gasteiger charge is 2.03. The van der Waals surface area contributed by atoms with Crippen LogP contribution in [0.15, 0.2) is 24.4 Å². The third-order valence-electron chi connectivity index (χ3n) is 1.73. The molecule has 1 heterocycles. The highest BCUT2D eigenvalue weighted by Crippen LogP contribution is 1.90. The summed E-state index contributed by atoms with van der Waals surface area (Å²) in [7, 11) is 1.29. The van der Waals surface area contributed by atoms with E-state index in [0.29, 0.717) is 10.4 Å². The van der Waals surface area contributed by atoms with Gasteiger partial charge in [0.25, 0.3) is 0 Å². The minimum absolute atomic E-state index is 0.0727. The fraction of sp³-hybridized carbons (Fsp3) is 0.300. The van der Waals surface area contributed by atoms with Gasteiger partial charge >= 0.3 is 5.97 Å². The summed E-state index contributed by atoms with van der Waals surface area (Å²) >= 11 is 0. The van der Waals surface area contributed by atoms with Crippen molar-refractivity contribution in [2.45, 2.75) is 6.42 Å². The van der Waals surface area contributed by atoms with E-state index in [1.54, 1.807) is 24.4 Å². The molecule has 15 heavy (non-hydrogen) atoms. The van der Waals surface area contributed by atoms with E-state index in [4.69, 9.17) is 0 Å². The van der Waals surface area contributed by atoms with Crippen LogP contribution in [0.5, 0.6) is 0 Å². The van der Waals surface area contributed by atoms with Gasteiger partial charge in [-0.1, -0.05) is 6.07 Å². The SMILES string of the molecule is COC(=O)CC/[N+]([O-])=C\c1ccccn1. The molecule has 1 rings (SSSR count). The zero-order valence-corrected chi connectivity index (χ0v) is 8.42. The highest BCUT2D eigenvalue weighted by molar-refractivity contribution is 5.73. The number of pyridine rings is 1. The lowest BCUT2D eigenvalue weighted by atomic mass is 10.4. The number of hydrogen-bond acceptors (Lipinski definition) is 4. The van der Waals surface area contributed by atoms with Crippen LogP contribution in [0, 0.1) is 5.21 Å². The maximum atomic E-state index is 11.2. The Bertz CT molecular complexity index is 349. The van der Waals surface area contributed by atoms with E-state index < -0.39 is 5.97 Å². The Morgan fingerprint density at radius 3 is 3.07 bits per heavy atom. The van der Waals surface area contributed by atoms with Crippen molar-refractivity contribution in [2.75, 3.05) is 13.7 Å². The first kappa shape index (κ1) is 11.2. The summed E-state index contributed by atoms with van der Waals surface area (Å²) in [6.45, 7) is 0.0727. The van der Waals surface area contributed by atoms with Crippen molar-refractivity contribution in [1.29, 1.82) is 0 Å². The third-order valence-corrected chi connectivity index (χ3v) is 1.73. The maximum Gasteiger partial charge on any atom is 0.311 e. The highest BCUT2D eigenvalue weighted by atomic mass is 16.5. The largest absolute Gasteiger partial charge is 0.624 e. The number of hydroxylamine groups is 1. The van der Waals surface area contributed by atoms with Crippen LogP contribution in [0.1, 0.15) is 12.1 Å². The van der Waals surface area contributed by atoms with Gasteiger partial charge in [-0.15, -0.1) is 0 Å². The van der Waals surface area contributed by atoms with Gasteiger partial charge in [-0.2, -0.15) is 0 Å². The number of rotatable bonds is 4. The van der Waals surface area contributed by atoms with Crippen molar-refractivity contribution in [3.8, 4) is 0 Å². The van der Waals surface area contributed by atoms with Gasteiger partial charge in [0.1, 0.15) is 12.1 Å². The zero-order chi connectivity index (χ0) is 11.1.